The quantitative estimate of drug-likeness (QED) is 0.618. The molecule has 0 spiro atoms. The molecule has 0 aliphatic carbocycles. The van der Waals surface area contributed by atoms with E-state index in [-0.39, 0.29) is 16.5 Å². The first-order valence-electron chi connectivity index (χ1n) is 6.71. The maximum atomic E-state index is 12.8. The number of nitrogens with one attached hydrogen (secondary N) is 1. The average molecular weight is 344 g/mol. The molecule has 0 radical (unpaired) electrons. The molecule has 1 aromatic heterocycles. The van der Waals surface area contributed by atoms with Crippen LogP contribution in [0.25, 0.3) is 0 Å². The minimum Gasteiger partial charge on any atom is -0.360 e. The number of thioether (sulfide) groups is 1. The van der Waals surface area contributed by atoms with Crippen molar-refractivity contribution in [2.75, 3.05) is 12.3 Å². The number of rotatable bonds is 7. The van der Waals surface area contributed by atoms with Gasteiger partial charge in [0.05, 0.1) is 0 Å². The van der Waals surface area contributed by atoms with Gasteiger partial charge in [0.2, 0.25) is 10.0 Å². The second-order valence-corrected chi connectivity index (χ2v) is 7.58. The third-order valence-electron chi connectivity index (χ3n) is 2.93. The van der Waals surface area contributed by atoms with Crippen molar-refractivity contribution in [3.8, 4) is 0 Å². The van der Waals surface area contributed by atoms with Crippen LogP contribution >= 0.6 is 11.8 Å². The van der Waals surface area contributed by atoms with Crippen molar-refractivity contribution in [3.05, 3.63) is 41.5 Å². The van der Waals surface area contributed by atoms with Crippen LogP contribution < -0.4 is 4.72 Å². The molecule has 0 unspecified atom stereocenters. The number of sulfonamides is 1. The molecule has 0 fully saturated rings. The molecule has 8 heteroatoms. The van der Waals surface area contributed by atoms with Crippen molar-refractivity contribution in [2.45, 2.75) is 30.1 Å². The predicted octanol–water partition coefficient (Wildman–Crippen LogP) is 2.89. The summed E-state index contributed by atoms with van der Waals surface area (Å²) in [6.07, 6.45) is 0.657. The van der Waals surface area contributed by atoms with E-state index >= 15 is 0 Å². The molecule has 0 aliphatic heterocycles. The Kier molecular flexibility index (Phi) is 5.60. The molecule has 5 nitrogen and oxygen atoms in total. The van der Waals surface area contributed by atoms with Gasteiger partial charge in [-0.3, -0.25) is 0 Å². The molecular weight excluding hydrogens is 327 g/mol. The number of nitrogens with zero attached hydrogens (tertiary/aromatic N) is 1. The van der Waals surface area contributed by atoms with Gasteiger partial charge in [0.15, 0.2) is 5.76 Å². The Hall–Kier alpha value is -1.38. The van der Waals surface area contributed by atoms with Gasteiger partial charge in [0.1, 0.15) is 16.4 Å². The smallest absolute Gasteiger partial charge is 0.245 e. The lowest BCUT2D eigenvalue weighted by molar-refractivity contribution is 0.390. The Balaban J connectivity index is 1.80. The van der Waals surface area contributed by atoms with E-state index in [4.69, 9.17) is 4.52 Å². The van der Waals surface area contributed by atoms with Crippen LogP contribution in [0.3, 0.4) is 0 Å². The third kappa shape index (κ3) is 4.31. The van der Waals surface area contributed by atoms with Crippen molar-refractivity contribution in [1.82, 2.24) is 9.88 Å². The van der Waals surface area contributed by atoms with Crippen LogP contribution in [0.1, 0.15) is 17.9 Å². The van der Waals surface area contributed by atoms with Gasteiger partial charge >= 0.3 is 0 Å². The van der Waals surface area contributed by atoms with Gasteiger partial charge in [-0.1, -0.05) is 5.16 Å². The fourth-order valence-corrected chi connectivity index (χ4v) is 4.18. The van der Waals surface area contributed by atoms with Crippen molar-refractivity contribution >= 4 is 21.8 Å². The van der Waals surface area contributed by atoms with E-state index in [1.807, 2.05) is 0 Å². The molecule has 22 heavy (non-hydrogen) atoms. The maximum Gasteiger partial charge on any atom is 0.245 e. The van der Waals surface area contributed by atoms with E-state index in [1.54, 1.807) is 37.7 Å². The standard InChI is InChI=1S/C14H17FN2O3S2/c1-10-14(11(2)20-17-10)22(18,19)16-8-3-9-21-13-6-4-12(15)5-7-13/h4-7,16H,3,8-9H2,1-2H3. The topological polar surface area (TPSA) is 72.2 Å². The highest BCUT2D eigenvalue weighted by molar-refractivity contribution is 7.99. The molecule has 0 saturated carbocycles. The Morgan fingerprint density at radius 1 is 1.27 bits per heavy atom. The summed E-state index contributed by atoms with van der Waals surface area (Å²) in [4.78, 5) is 1.06. The van der Waals surface area contributed by atoms with Crippen LogP contribution in [-0.2, 0) is 10.0 Å². The van der Waals surface area contributed by atoms with Gasteiger partial charge in [-0.15, -0.1) is 11.8 Å². The molecular formula is C14H17FN2O3S2. The minimum atomic E-state index is -3.59. The summed E-state index contributed by atoms with van der Waals surface area (Å²) < 4.78 is 44.5. The summed E-state index contributed by atoms with van der Waals surface area (Å²) >= 11 is 1.55. The minimum absolute atomic E-state index is 0.110. The van der Waals surface area contributed by atoms with Crippen molar-refractivity contribution in [2.24, 2.45) is 0 Å². The van der Waals surface area contributed by atoms with Gasteiger partial charge in [0.25, 0.3) is 0 Å². The Labute approximate surface area is 133 Å². The van der Waals surface area contributed by atoms with Gasteiger partial charge in [-0.2, -0.15) is 0 Å². The first-order valence-corrected chi connectivity index (χ1v) is 9.18. The highest BCUT2D eigenvalue weighted by Crippen LogP contribution is 2.20. The number of hydrogen-bond acceptors (Lipinski definition) is 5. The van der Waals surface area contributed by atoms with E-state index in [2.05, 4.69) is 9.88 Å². The zero-order valence-electron chi connectivity index (χ0n) is 12.3. The molecule has 0 saturated heterocycles. The maximum absolute atomic E-state index is 12.8. The third-order valence-corrected chi connectivity index (χ3v) is 5.73. The summed E-state index contributed by atoms with van der Waals surface area (Å²) in [7, 11) is -3.59. The van der Waals surface area contributed by atoms with Crippen LogP contribution in [0, 0.1) is 19.7 Å². The largest absolute Gasteiger partial charge is 0.360 e. The molecule has 0 atom stereocenters. The van der Waals surface area contributed by atoms with Gasteiger partial charge in [-0.25, -0.2) is 17.5 Å². The lowest BCUT2D eigenvalue weighted by Crippen LogP contribution is -2.26. The molecule has 1 N–H and O–H groups in total. The highest BCUT2D eigenvalue weighted by Gasteiger charge is 2.23. The summed E-state index contributed by atoms with van der Waals surface area (Å²) in [5.41, 5.74) is 0.352. The van der Waals surface area contributed by atoms with Gasteiger partial charge in [-0.05, 0) is 50.3 Å². The molecule has 0 amide bonds. The molecule has 1 aromatic carbocycles. The highest BCUT2D eigenvalue weighted by atomic mass is 32.2. The lowest BCUT2D eigenvalue weighted by atomic mass is 10.4. The second-order valence-electron chi connectivity index (χ2n) is 4.71. The Morgan fingerprint density at radius 2 is 1.95 bits per heavy atom. The Bertz CT molecular complexity index is 708. The molecule has 0 aliphatic rings. The van der Waals surface area contributed by atoms with E-state index in [9.17, 15) is 12.8 Å². The van der Waals surface area contributed by atoms with Crippen molar-refractivity contribution in [1.29, 1.82) is 0 Å². The number of hydrogen-bond donors (Lipinski definition) is 1. The lowest BCUT2D eigenvalue weighted by Gasteiger charge is -2.06. The van der Waals surface area contributed by atoms with E-state index in [0.717, 1.165) is 10.6 Å². The summed E-state index contributed by atoms with van der Waals surface area (Å²) in [5, 5.41) is 3.64. The number of halogens is 1. The molecule has 0 bridgehead atoms. The zero-order chi connectivity index (χ0) is 16.2. The fraction of sp³-hybridized carbons (Fsp3) is 0.357. The van der Waals surface area contributed by atoms with E-state index in [0.29, 0.717) is 18.7 Å². The van der Waals surface area contributed by atoms with Crippen LogP contribution in [0.15, 0.2) is 38.6 Å². The predicted molar refractivity (Wildman–Crippen MR) is 82.9 cm³/mol. The number of aryl methyl sites for hydroxylation is 2. The summed E-state index contributed by atoms with van der Waals surface area (Å²) in [6, 6.07) is 6.22. The Morgan fingerprint density at radius 3 is 2.55 bits per heavy atom. The van der Waals surface area contributed by atoms with Crippen LogP contribution in [0.2, 0.25) is 0 Å². The van der Waals surface area contributed by atoms with Crippen LogP contribution in [0.4, 0.5) is 4.39 Å². The monoisotopic (exact) mass is 344 g/mol. The molecule has 1 heterocycles. The summed E-state index contributed by atoms with van der Waals surface area (Å²) in [5.74, 6) is 0.748. The first-order chi connectivity index (χ1) is 10.4. The first kappa shape index (κ1) is 17.0. The molecule has 2 aromatic rings. The van der Waals surface area contributed by atoms with Gasteiger partial charge in [0, 0.05) is 11.4 Å². The van der Waals surface area contributed by atoms with Crippen molar-refractivity contribution in [3.63, 3.8) is 0 Å². The molecule has 120 valence electrons. The second kappa shape index (κ2) is 7.26. The van der Waals surface area contributed by atoms with E-state index in [1.165, 1.54) is 12.1 Å². The van der Waals surface area contributed by atoms with Crippen LogP contribution in [-0.4, -0.2) is 25.9 Å². The summed E-state index contributed by atoms with van der Waals surface area (Å²) in [6.45, 7) is 3.48. The average Bonchev–Trinajstić information content (AvgIpc) is 2.80. The van der Waals surface area contributed by atoms with Gasteiger partial charge < -0.3 is 4.52 Å². The van der Waals surface area contributed by atoms with E-state index < -0.39 is 10.0 Å². The normalized spacial score (nSPS) is 11.8. The fourth-order valence-electron chi connectivity index (χ4n) is 1.93. The SMILES string of the molecule is Cc1noc(C)c1S(=O)(=O)NCCCSc1ccc(F)cc1. The zero-order valence-corrected chi connectivity index (χ0v) is 13.9. The molecule has 2 rings (SSSR count). The van der Waals surface area contributed by atoms with Crippen molar-refractivity contribution < 1.29 is 17.3 Å². The van der Waals surface area contributed by atoms with Crippen LogP contribution in [0.5, 0.6) is 0 Å². The number of aromatic nitrogens is 1. The number of benzene rings is 1.